The molecule has 0 amide bonds. The van der Waals surface area contributed by atoms with Gasteiger partial charge in [0.05, 0.1) is 4.92 Å². The van der Waals surface area contributed by atoms with E-state index in [1.807, 2.05) is 30.3 Å². The highest BCUT2D eigenvalue weighted by molar-refractivity contribution is 5.75. The van der Waals surface area contributed by atoms with Gasteiger partial charge in [0, 0.05) is 18.3 Å². The van der Waals surface area contributed by atoms with E-state index in [1.165, 1.54) is 6.33 Å². The molecule has 1 saturated heterocycles. The standard InChI is InChI=1S/C20H25N5O2/c1-19(2)9-15-10-20(3,11-19)12-24(15)18-16(25(26)27)17(21-13-22-18)23-14-7-5-4-6-8-14/h4-8,13,15H,9-12H2,1-3H3,(H,21,22,23). The Labute approximate surface area is 159 Å². The maximum absolute atomic E-state index is 11.9. The fourth-order valence-corrected chi connectivity index (χ4v) is 5.21. The SMILES string of the molecule is CC1(C)CC2CC(C)(CN2c2ncnc(Nc3ccccc3)c2[N+](=O)[O-])C1. The van der Waals surface area contributed by atoms with Crippen LogP contribution in [0, 0.1) is 20.9 Å². The summed E-state index contributed by atoms with van der Waals surface area (Å²) in [6, 6.07) is 9.65. The van der Waals surface area contributed by atoms with Gasteiger partial charge in [0.2, 0.25) is 11.6 Å². The monoisotopic (exact) mass is 367 g/mol. The molecule has 4 rings (SSSR count). The Morgan fingerprint density at radius 1 is 1.19 bits per heavy atom. The minimum atomic E-state index is -0.365. The van der Waals surface area contributed by atoms with E-state index in [1.54, 1.807) is 0 Å². The lowest BCUT2D eigenvalue weighted by molar-refractivity contribution is -0.383. The van der Waals surface area contributed by atoms with E-state index in [9.17, 15) is 10.1 Å². The number of fused-ring (bicyclic) bond motifs is 2. The van der Waals surface area contributed by atoms with Crippen molar-refractivity contribution in [1.29, 1.82) is 0 Å². The molecule has 1 aliphatic heterocycles. The van der Waals surface area contributed by atoms with E-state index in [2.05, 4.69) is 41.0 Å². The zero-order chi connectivity index (χ0) is 19.2. The van der Waals surface area contributed by atoms with Crippen LogP contribution in [0.15, 0.2) is 36.7 Å². The van der Waals surface area contributed by atoms with Crippen LogP contribution in [0.2, 0.25) is 0 Å². The first-order valence-corrected chi connectivity index (χ1v) is 9.35. The number of hydrogen-bond donors (Lipinski definition) is 1. The molecule has 0 spiro atoms. The number of nitrogens with zero attached hydrogens (tertiary/aromatic N) is 4. The third kappa shape index (κ3) is 3.34. The summed E-state index contributed by atoms with van der Waals surface area (Å²) in [5.74, 6) is 0.668. The maximum Gasteiger partial charge on any atom is 0.353 e. The molecule has 0 radical (unpaired) electrons. The lowest BCUT2D eigenvalue weighted by atomic mass is 9.65. The minimum absolute atomic E-state index is 0.0460. The first kappa shape index (κ1) is 17.7. The van der Waals surface area contributed by atoms with Crippen molar-refractivity contribution < 1.29 is 4.92 Å². The smallest absolute Gasteiger partial charge is 0.347 e. The molecular formula is C20H25N5O2. The number of nitro groups is 1. The van der Waals surface area contributed by atoms with Crippen molar-refractivity contribution in [3.63, 3.8) is 0 Å². The van der Waals surface area contributed by atoms with Crippen LogP contribution in [-0.2, 0) is 0 Å². The Balaban J connectivity index is 1.73. The summed E-state index contributed by atoms with van der Waals surface area (Å²) < 4.78 is 0. The van der Waals surface area contributed by atoms with Gasteiger partial charge in [0.25, 0.3) is 0 Å². The van der Waals surface area contributed by atoms with Crippen LogP contribution >= 0.6 is 0 Å². The summed E-state index contributed by atoms with van der Waals surface area (Å²) in [4.78, 5) is 22.3. The van der Waals surface area contributed by atoms with E-state index in [-0.39, 0.29) is 33.3 Å². The lowest BCUT2D eigenvalue weighted by Crippen LogP contribution is -2.35. The van der Waals surface area contributed by atoms with Crippen molar-refractivity contribution in [3.8, 4) is 0 Å². The van der Waals surface area contributed by atoms with Crippen LogP contribution in [0.3, 0.4) is 0 Å². The van der Waals surface area contributed by atoms with E-state index >= 15 is 0 Å². The molecule has 2 aromatic rings. The largest absolute Gasteiger partial charge is 0.353 e. The summed E-state index contributed by atoms with van der Waals surface area (Å²) in [6.07, 6.45) is 4.62. The van der Waals surface area contributed by atoms with Crippen LogP contribution in [0.25, 0.3) is 0 Å². The minimum Gasteiger partial charge on any atom is -0.347 e. The molecule has 2 bridgehead atoms. The van der Waals surface area contributed by atoms with Gasteiger partial charge in [-0.15, -0.1) is 0 Å². The first-order chi connectivity index (χ1) is 12.8. The predicted molar refractivity (Wildman–Crippen MR) is 105 cm³/mol. The Kier molecular flexibility index (Phi) is 4.05. The van der Waals surface area contributed by atoms with E-state index in [0.717, 1.165) is 31.5 Å². The molecule has 1 aromatic heterocycles. The highest BCUT2D eigenvalue weighted by Crippen LogP contribution is 2.54. The van der Waals surface area contributed by atoms with Crippen LogP contribution in [-0.4, -0.2) is 27.5 Å². The average molecular weight is 367 g/mol. The second-order valence-corrected chi connectivity index (χ2v) is 8.98. The summed E-state index contributed by atoms with van der Waals surface area (Å²) in [7, 11) is 0. The normalized spacial score (nSPS) is 26.0. The topological polar surface area (TPSA) is 84.2 Å². The van der Waals surface area contributed by atoms with Crippen molar-refractivity contribution >= 4 is 23.0 Å². The van der Waals surface area contributed by atoms with Gasteiger partial charge in [-0.05, 0) is 42.2 Å². The molecule has 2 fully saturated rings. The summed E-state index contributed by atoms with van der Waals surface area (Å²) in [5.41, 5.74) is 1.12. The van der Waals surface area contributed by atoms with Gasteiger partial charge in [-0.2, -0.15) is 0 Å². The van der Waals surface area contributed by atoms with Crippen LogP contribution in [0.1, 0.15) is 40.0 Å². The molecule has 2 unspecified atom stereocenters. The fraction of sp³-hybridized carbons (Fsp3) is 0.500. The fourth-order valence-electron chi connectivity index (χ4n) is 5.21. The van der Waals surface area contributed by atoms with Crippen molar-refractivity contribution in [2.75, 3.05) is 16.8 Å². The molecule has 1 aromatic carbocycles. The summed E-state index contributed by atoms with van der Waals surface area (Å²) in [6.45, 7) is 7.66. The molecule has 1 N–H and O–H groups in total. The van der Waals surface area contributed by atoms with Gasteiger partial charge in [0.15, 0.2) is 0 Å². The number of rotatable bonds is 4. The van der Waals surface area contributed by atoms with Crippen LogP contribution < -0.4 is 10.2 Å². The lowest BCUT2D eigenvalue weighted by Gasteiger charge is -2.39. The molecule has 2 atom stereocenters. The van der Waals surface area contributed by atoms with Crippen molar-refractivity contribution in [1.82, 2.24) is 9.97 Å². The van der Waals surface area contributed by atoms with Gasteiger partial charge in [0.1, 0.15) is 6.33 Å². The number of aromatic nitrogens is 2. The highest BCUT2D eigenvalue weighted by atomic mass is 16.6. The zero-order valence-corrected chi connectivity index (χ0v) is 16.0. The summed E-state index contributed by atoms with van der Waals surface area (Å²) >= 11 is 0. The molecule has 7 nitrogen and oxygen atoms in total. The number of nitrogens with one attached hydrogen (secondary N) is 1. The first-order valence-electron chi connectivity index (χ1n) is 9.35. The van der Waals surface area contributed by atoms with Gasteiger partial charge in [-0.25, -0.2) is 9.97 Å². The quantitative estimate of drug-likeness (QED) is 0.631. The number of benzene rings is 1. The molecule has 142 valence electrons. The van der Waals surface area contributed by atoms with Gasteiger partial charge in [-0.1, -0.05) is 39.0 Å². The predicted octanol–water partition coefficient (Wildman–Crippen LogP) is 4.53. The Bertz CT molecular complexity index is 870. The van der Waals surface area contributed by atoms with Crippen molar-refractivity contribution in [2.24, 2.45) is 10.8 Å². The number of hydrogen-bond acceptors (Lipinski definition) is 6. The maximum atomic E-state index is 11.9. The third-order valence-electron chi connectivity index (χ3n) is 5.71. The Morgan fingerprint density at radius 3 is 2.63 bits per heavy atom. The van der Waals surface area contributed by atoms with E-state index < -0.39 is 0 Å². The Morgan fingerprint density at radius 2 is 1.93 bits per heavy atom. The highest BCUT2D eigenvalue weighted by Gasteiger charge is 2.51. The van der Waals surface area contributed by atoms with Gasteiger partial charge in [-0.3, -0.25) is 10.1 Å². The van der Waals surface area contributed by atoms with Crippen molar-refractivity contribution in [2.45, 2.75) is 46.1 Å². The number of para-hydroxylation sites is 1. The van der Waals surface area contributed by atoms with Gasteiger partial charge >= 0.3 is 5.69 Å². The van der Waals surface area contributed by atoms with E-state index in [0.29, 0.717) is 5.82 Å². The van der Waals surface area contributed by atoms with E-state index in [4.69, 9.17) is 0 Å². The van der Waals surface area contributed by atoms with Gasteiger partial charge < -0.3 is 10.2 Å². The molecule has 2 aliphatic rings. The molecule has 1 aliphatic carbocycles. The molecule has 1 saturated carbocycles. The molecule has 2 heterocycles. The zero-order valence-electron chi connectivity index (χ0n) is 16.0. The van der Waals surface area contributed by atoms with Crippen LogP contribution in [0.5, 0.6) is 0 Å². The number of anilines is 3. The second-order valence-electron chi connectivity index (χ2n) is 8.98. The third-order valence-corrected chi connectivity index (χ3v) is 5.71. The summed E-state index contributed by atoms with van der Waals surface area (Å²) in [5, 5.41) is 15.0. The van der Waals surface area contributed by atoms with Crippen molar-refractivity contribution in [3.05, 3.63) is 46.8 Å². The van der Waals surface area contributed by atoms with Crippen LogP contribution in [0.4, 0.5) is 23.0 Å². The average Bonchev–Trinajstić information content (AvgIpc) is 2.84. The second kappa shape index (κ2) is 6.18. The molecule has 7 heteroatoms. The molecular weight excluding hydrogens is 342 g/mol. The Hall–Kier alpha value is -2.70. The molecule has 27 heavy (non-hydrogen) atoms.